The highest BCUT2D eigenvalue weighted by Crippen LogP contribution is 2.23. The largest absolute Gasteiger partial charge is 0.452 e. The number of ether oxygens (including phenoxy) is 1. The number of rotatable bonds is 5. The molecule has 0 saturated carbocycles. The van der Waals surface area contributed by atoms with E-state index in [0.29, 0.717) is 17.1 Å². The molecule has 0 unspecified atom stereocenters. The molecule has 150 valence electrons. The van der Waals surface area contributed by atoms with Crippen molar-refractivity contribution >= 4 is 17.6 Å². The lowest BCUT2D eigenvalue weighted by atomic mass is 10.2. The van der Waals surface area contributed by atoms with Crippen LogP contribution in [0.4, 0.5) is 14.5 Å². The zero-order valence-electron chi connectivity index (χ0n) is 16.1. The van der Waals surface area contributed by atoms with Crippen LogP contribution in [0, 0.1) is 32.4 Å². The molecule has 0 radical (unpaired) electrons. The standard InChI is InChI=1S/C21H19F2N3O3/c1-12-7-9-15(10-8-12)26-14(3)20(13(2)25-26)24-18(27)11-29-21(28)19-16(22)5-4-6-17(19)23/h4-10H,11H2,1-3H3,(H,24,27). The number of nitrogens with zero attached hydrogens (tertiary/aromatic N) is 2. The molecule has 6 nitrogen and oxygen atoms in total. The molecule has 0 atom stereocenters. The fourth-order valence-electron chi connectivity index (χ4n) is 2.83. The molecule has 1 heterocycles. The first-order chi connectivity index (χ1) is 13.8. The van der Waals surface area contributed by atoms with Gasteiger partial charge in [-0.3, -0.25) is 4.79 Å². The number of halogens is 2. The molecule has 1 N–H and O–H groups in total. The van der Waals surface area contributed by atoms with Gasteiger partial charge in [0.1, 0.15) is 17.2 Å². The zero-order valence-corrected chi connectivity index (χ0v) is 16.1. The summed E-state index contributed by atoms with van der Waals surface area (Å²) in [6, 6.07) is 10.7. The highest BCUT2D eigenvalue weighted by atomic mass is 19.1. The van der Waals surface area contributed by atoms with Crippen LogP contribution in [0.2, 0.25) is 0 Å². The molecule has 1 aromatic heterocycles. The third-order valence-electron chi connectivity index (χ3n) is 4.34. The van der Waals surface area contributed by atoms with E-state index in [2.05, 4.69) is 10.4 Å². The summed E-state index contributed by atoms with van der Waals surface area (Å²) in [6.45, 7) is 4.80. The number of anilines is 1. The second-order valence-corrected chi connectivity index (χ2v) is 6.51. The molecule has 0 fully saturated rings. The molecule has 0 bridgehead atoms. The molecule has 1 amide bonds. The zero-order chi connectivity index (χ0) is 21.1. The Morgan fingerprint density at radius 3 is 2.28 bits per heavy atom. The van der Waals surface area contributed by atoms with Gasteiger partial charge in [-0.2, -0.15) is 5.10 Å². The van der Waals surface area contributed by atoms with E-state index in [0.717, 1.165) is 29.4 Å². The molecule has 2 aromatic carbocycles. The van der Waals surface area contributed by atoms with Crippen molar-refractivity contribution in [3.8, 4) is 5.69 Å². The van der Waals surface area contributed by atoms with Crippen molar-refractivity contribution < 1.29 is 23.1 Å². The Kier molecular flexibility index (Phi) is 5.72. The predicted molar refractivity (Wildman–Crippen MR) is 103 cm³/mol. The Morgan fingerprint density at radius 2 is 1.66 bits per heavy atom. The van der Waals surface area contributed by atoms with Crippen molar-refractivity contribution in [1.82, 2.24) is 9.78 Å². The minimum atomic E-state index is -1.25. The van der Waals surface area contributed by atoms with Gasteiger partial charge in [-0.1, -0.05) is 23.8 Å². The lowest BCUT2D eigenvalue weighted by Gasteiger charge is -2.09. The summed E-state index contributed by atoms with van der Waals surface area (Å²) >= 11 is 0. The van der Waals surface area contributed by atoms with Crippen molar-refractivity contribution in [3.63, 3.8) is 0 Å². The average Bonchev–Trinajstić information content (AvgIpc) is 2.95. The Balaban J connectivity index is 1.70. The van der Waals surface area contributed by atoms with E-state index in [-0.39, 0.29) is 0 Å². The van der Waals surface area contributed by atoms with E-state index in [1.165, 1.54) is 0 Å². The van der Waals surface area contributed by atoms with Crippen molar-refractivity contribution in [3.05, 3.63) is 76.6 Å². The van der Waals surface area contributed by atoms with Crippen LogP contribution in [-0.4, -0.2) is 28.3 Å². The fourth-order valence-corrected chi connectivity index (χ4v) is 2.83. The molecule has 3 rings (SSSR count). The maximum absolute atomic E-state index is 13.6. The van der Waals surface area contributed by atoms with E-state index in [1.54, 1.807) is 18.5 Å². The van der Waals surface area contributed by atoms with E-state index < -0.39 is 35.7 Å². The fraction of sp³-hybridized carbons (Fsp3) is 0.190. The van der Waals surface area contributed by atoms with E-state index in [1.807, 2.05) is 31.2 Å². The van der Waals surface area contributed by atoms with Gasteiger partial charge in [0, 0.05) is 0 Å². The molecule has 0 aliphatic rings. The number of nitrogens with one attached hydrogen (secondary N) is 1. The Bertz CT molecular complexity index is 1060. The van der Waals surface area contributed by atoms with Crippen molar-refractivity contribution in [1.29, 1.82) is 0 Å². The van der Waals surface area contributed by atoms with Gasteiger partial charge in [-0.15, -0.1) is 0 Å². The molecule has 0 aliphatic heterocycles. The summed E-state index contributed by atoms with van der Waals surface area (Å²) in [5.74, 6) is -4.01. The molecule has 0 spiro atoms. The van der Waals surface area contributed by atoms with Crippen LogP contribution in [0.15, 0.2) is 42.5 Å². The van der Waals surface area contributed by atoms with Crippen LogP contribution < -0.4 is 5.32 Å². The number of benzene rings is 2. The monoisotopic (exact) mass is 399 g/mol. The van der Waals surface area contributed by atoms with Crippen molar-refractivity contribution in [2.45, 2.75) is 20.8 Å². The van der Waals surface area contributed by atoms with Crippen molar-refractivity contribution in [2.75, 3.05) is 11.9 Å². The highest BCUT2D eigenvalue weighted by Gasteiger charge is 2.21. The summed E-state index contributed by atoms with van der Waals surface area (Å²) < 4.78 is 33.7. The van der Waals surface area contributed by atoms with Gasteiger partial charge < -0.3 is 10.1 Å². The summed E-state index contributed by atoms with van der Waals surface area (Å²) in [5.41, 5.74) is 2.84. The van der Waals surface area contributed by atoms with Gasteiger partial charge in [-0.25, -0.2) is 18.3 Å². The topological polar surface area (TPSA) is 73.2 Å². The van der Waals surface area contributed by atoms with Gasteiger partial charge in [0.05, 0.1) is 22.8 Å². The normalized spacial score (nSPS) is 10.7. The van der Waals surface area contributed by atoms with Crippen LogP contribution in [0.3, 0.4) is 0 Å². The van der Waals surface area contributed by atoms with Gasteiger partial charge in [0.2, 0.25) is 0 Å². The second kappa shape index (κ2) is 8.22. The first kappa shape index (κ1) is 20.2. The first-order valence-corrected chi connectivity index (χ1v) is 8.82. The maximum atomic E-state index is 13.6. The molecule has 3 aromatic rings. The van der Waals surface area contributed by atoms with Crippen LogP contribution >= 0.6 is 0 Å². The summed E-state index contributed by atoms with van der Waals surface area (Å²) in [7, 11) is 0. The molecule has 0 saturated heterocycles. The number of carbonyl (C=O) groups is 2. The smallest absolute Gasteiger partial charge is 0.344 e. The minimum absolute atomic E-state index is 0.476. The Morgan fingerprint density at radius 1 is 1.03 bits per heavy atom. The number of hydrogen-bond acceptors (Lipinski definition) is 4. The van der Waals surface area contributed by atoms with E-state index >= 15 is 0 Å². The third-order valence-corrected chi connectivity index (χ3v) is 4.34. The van der Waals surface area contributed by atoms with Crippen molar-refractivity contribution in [2.24, 2.45) is 0 Å². The lowest BCUT2D eigenvalue weighted by Crippen LogP contribution is -2.22. The molecule has 8 heteroatoms. The van der Waals surface area contributed by atoms with Crippen LogP contribution in [0.1, 0.15) is 27.3 Å². The molecule has 0 aliphatic carbocycles. The average molecular weight is 399 g/mol. The summed E-state index contributed by atoms with van der Waals surface area (Å²) in [4.78, 5) is 24.1. The van der Waals surface area contributed by atoms with Crippen LogP contribution in [0.5, 0.6) is 0 Å². The number of hydrogen-bond donors (Lipinski definition) is 1. The molecular weight excluding hydrogens is 380 g/mol. The van der Waals surface area contributed by atoms with Gasteiger partial charge >= 0.3 is 5.97 Å². The SMILES string of the molecule is Cc1ccc(-n2nc(C)c(NC(=O)COC(=O)c3c(F)cccc3F)c2C)cc1. The number of aromatic nitrogens is 2. The summed E-state index contributed by atoms with van der Waals surface area (Å²) in [6.07, 6.45) is 0. The van der Waals surface area contributed by atoms with Gasteiger partial charge in [0.25, 0.3) is 5.91 Å². The van der Waals surface area contributed by atoms with E-state index in [9.17, 15) is 18.4 Å². The number of amides is 1. The minimum Gasteiger partial charge on any atom is -0.452 e. The van der Waals surface area contributed by atoms with Crippen LogP contribution in [0.25, 0.3) is 5.69 Å². The summed E-state index contributed by atoms with van der Waals surface area (Å²) in [5, 5.41) is 7.05. The second-order valence-electron chi connectivity index (χ2n) is 6.51. The highest BCUT2D eigenvalue weighted by molar-refractivity contribution is 5.96. The number of carbonyl (C=O) groups excluding carboxylic acids is 2. The van der Waals surface area contributed by atoms with E-state index in [4.69, 9.17) is 4.74 Å². The predicted octanol–water partition coefficient (Wildman–Crippen LogP) is 3.87. The lowest BCUT2D eigenvalue weighted by molar-refractivity contribution is -0.119. The Hall–Kier alpha value is -3.55. The Labute approximate surface area is 166 Å². The number of esters is 1. The quantitative estimate of drug-likeness (QED) is 0.661. The third kappa shape index (κ3) is 4.31. The van der Waals surface area contributed by atoms with Crippen LogP contribution in [-0.2, 0) is 9.53 Å². The maximum Gasteiger partial charge on any atom is 0.344 e. The number of aryl methyl sites for hydroxylation is 2. The van der Waals surface area contributed by atoms with Gasteiger partial charge in [-0.05, 0) is 45.0 Å². The van der Waals surface area contributed by atoms with Gasteiger partial charge in [0.15, 0.2) is 6.61 Å². The molecular formula is C21H19F2N3O3. The molecule has 29 heavy (non-hydrogen) atoms. The first-order valence-electron chi connectivity index (χ1n) is 8.82.